The second-order valence-electron chi connectivity index (χ2n) is 8.65. The van der Waals surface area contributed by atoms with E-state index in [1.807, 2.05) is 0 Å². The van der Waals surface area contributed by atoms with Crippen molar-refractivity contribution in [1.29, 1.82) is 0 Å². The maximum Gasteiger partial charge on any atom is 0.336 e. The molecule has 14 nitrogen and oxygen atoms in total. The molecule has 0 bridgehead atoms. The van der Waals surface area contributed by atoms with E-state index < -0.39 is 60.1 Å². The fourth-order valence-corrected chi connectivity index (χ4v) is 4.44. The third-order valence-electron chi connectivity index (χ3n) is 6.28. The number of hydrogen-bond donors (Lipinski definition) is 5. The summed E-state index contributed by atoms with van der Waals surface area (Å²) in [6, 6.07) is 5.70. The Labute approximate surface area is 217 Å². The van der Waals surface area contributed by atoms with Crippen molar-refractivity contribution in [2.75, 3.05) is 26.9 Å². The van der Waals surface area contributed by atoms with Gasteiger partial charge in [0.05, 0.1) is 42.3 Å². The number of benzene rings is 1. The van der Waals surface area contributed by atoms with Crippen molar-refractivity contribution < 1.29 is 53.9 Å². The van der Waals surface area contributed by atoms with Crippen LogP contribution in [-0.4, -0.2) is 94.9 Å². The zero-order valence-electron chi connectivity index (χ0n) is 20.9. The largest absolute Gasteiger partial charge is 0.466 e. The quantitative estimate of drug-likeness (QED) is 0.115. The molecule has 1 unspecified atom stereocenters. The molecule has 6 atom stereocenters. The maximum atomic E-state index is 13.2. The number of carbonyl (C=O) groups excluding carboxylic acids is 2. The van der Waals surface area contributed by atoms with Gasteiger partial charge in [-0.2, -0.15) is 0 Å². The monoisotopic (exact) mass is 538 g/mol. The van der Waals surface area contributed by atoms with Crippen LogP contribution < -0.4 is 5.32 Å². The zero-order valence-corrected chi connectivity index (χ0v) is 20.9. The lowest BCUT2D eigenvalue weighted by Gasteiger charge is -2.39. The van der Waals surface area contributed by atoms with Gasteiger partial charge in [0.1, 0.15) is 31.0 Å². The Morgan fingerprint density at radius 3 is 2.26 bits per heavy atom. The minimum atomic E-state index is -1.64. The number of nitrogens with zero attached hydrogens (tertiary/aromatic N) is 1. The summed E-state index contributed by atoms with van der Waals surface area (Å²) in [4.78, 5) is 37.1. The average molecular weight is 539 g/mol. The first-order valence-electron chi connectivity index (χ1n) is 11.6. The summed E-state index contributed by atoms with van der Waals surface area (Å²) in [7, 11) is 1.15. The molecule has 1 saturated heterocycles. The Hall–Kier alpha value is -3.40. The Morgan fingerprint density at radius 2 is 1.66 bits per heavy atom. The molecule has 2 aliphatic rings. The van der Waals surface area contributed by atoms with Crippen LogP contribution in [0.25, 0.3) is 0 Å². The van der Waals surface area contributed by atoms with Crippen LogP contribution in [0.15, 0.2) is 46.8 Å². The van der Waals surface area contributed by atoms with Crippen LogP contribution in [0.4, 0.5) is 5.69 Å². The summed E-state index contributed by atoms with van der Waals surface area (Å²) in [5.41, 5.74) is 0.369. The Kier molecular flexibility index (Phi) is 9.54. The van der Waals surface area contributed by atoms with Gasteiger partial charge in [-0.25, -0.2) is 9.59 Å². The van der Waals surface area contributed by atoms with E-state index in [9.17, 15) is 40.1 Å². The predicted octanol–water partition coefficient (Wildman–Crippen LogP) is -0.638. The average Bonchev–Trinajstić information content (AvgIpc) is 2.89. The molecule has 2 aliphatic heterocycles. The molecule has 14 heteroatoms. The van der Waals surface area contributed by atoms with Gasteiger partial charge in [-0.15, -0.1) is 0 Å². The zero-order chi connectivity index (χ0) is 28.1. The number of hydrogen-bond acceptors (Lipinski definition) is 13. The molecule has 3 rings (SSSR count). The maximum absolute atomic E-state index is 13.2. The first kappa shape index (κ1) is 29.2. The van der Waals surface area contributed by atoms with Crippen LogP contribution >= 0.6 is 0 Å². The van der Waals surface area contributed by atoms with Gasteiger partial charge >= 0.3 is 11.9 Å². The SMILES string of the molecule is COC(=O)C1=C(C)NC(C)=C(C(=O)OCCO[C@H]2O[C@H](CO)[C@@H](O)[C@H](O)[C@H]2O)C1c1ccccc1[N+](=O)[O-]. The number of para-hydroxylation sites is 1. The number of dihydropyridines is 1. The number of esters is 2. The fourth-order valence-electron chi connectivity index (χ4n) is 4.44. The summed E-state index contributed by atoms with van der Waals surface area (Å²) in [5.74, 6) is -2.87. The van der Waals surface area contributed by atoms with Crippen molar-refractivity contribution in [2.45, 2.75) is 50.5 Å². The molecule has 0 aliphatic carbocycles. The van der Waals surface area contributed by atoms with Crippen molar-refractivity contribution in [3.8, 4) is 0 Å². The van der Waals surface area contributed by atoms with Gasteiger partial charge in [-0.1, -0.05) is 18.2 Å². The topological polar surface area (TPSA) is 207 Å². The molecule has 1 aromatic carbocycles. The third-order valence-corrected chi connectivity index (χ3v) is 6.28. The standard InChI is InChI=1S/C24H30N2O12/c1-11-16(22(31)35-3)18(13-6-4-5-7-14(13)26(33)34)17(12(2)25-11)23(32)36-8-9-37-24-21(30)20(29)19(28)15(10-27)38-24/h4-7,15,18-21,24-25,27-30H,8-10H2,1-3H3/t15-,18?,19-,20+,21-,24+/m1/s1. The number of ether oxygens (including phenoxy) is 4. The second-order valence-corrected chi connectivity index (χ2v) is 8.65. The van der Waals surface area contributed by atoms with Gasteiger partial charge in [0.25, 0.3) is 5.69 Å². The van der Waals surface area contributed by atoms with E-state index in [1.165, 1.54) is 18.2 Å². The highest BCUT2D eigenvalue weighted by atomic mass is 16.7. The van der Waals surface area contributed by atoms with Crippen LogP contribution in [0.1, 0.15) is 25.3 Å². The van der Waals surface area contributed by atoms with Crippen molar-refractivity contribution in [3.05, 3.63) is 62.5 Å². The molecule has 38 heavy (non-hydrogen) atoms. The van der Waals surface area contributed by atoms with Crippen molar-refractivity contribution in [3.63, 3.8) is 0 Å². The van der Waals surface area contributed by atoms with E-state index in [2.05, 4.69) is 5.32 Å². The van der Waals surface area contributed by atoms with E-state index in [4.69, 9.17) is 18.9 Å². The van der Waals surface area contributed by atoms with Crippen LogP contribution in [0.5, 0.6) is 0 Å². The second kappa shape index (κ2) is 12.4. The molecule has 5 N–H and O–H groups in total. The van der Waals surface area contributed by atoms with Gasteiger partial charge in [-0.05, 0) is 13.8 Å². The molecule has 1 fully saturated rings. The van der Waals surface area contributed by atoms with E-state index in [1.54, 1.807) is 19.9 Å². The smallest absolute Gasteiger partial charge is 0.336 e. The lowest BCUT2D eigenvalue weighted by atomic mass is 9.79. The molecule has 0 radical (unpaired) electrons. The number of nitro benzene ring substituents is 1. The summed E-state index contributed by atoms with van der Waals surface area (Å²) in [6.07, 6.45) is -7.41. The highest BCUT2D eigenvalue weighted by Gasteiger charge is 2.44. The summed E-state index contributed by atoms with van der Waals surface area (Å²) in [5, 5.41) is 53.7. The first-order chi connectivity index (χ1) is 18.0. The van der Waals surface area contributed by atoms with Crippen LogP contribution in [0.2, 0.25) is 0 Å². The number of aliphatic hydroxyl groups is 4. The first-order valence-corrected chi connectivity index (χ1v) is 11.6. The van der Waals surface area contributed by atoms with Crippen LogP contribution in [0.3, 0.4) is 0 Å². The summed E-state index contributed by atoms with van der Waals surface area (Å²) in [6.45, 7) is 1.81. The normalized spacial score (nSPS) is 27.6. The van der Waals surface area contributed by atoms with Crippen molar-refractivity contribution in [2.24, 2.45) is 0 Å². The van der Waals surface area contributed by atoms with Gasteiger partial charge < -0.3 is 44.7 Å². The molecule has 0 saturated carbocycles. The predicted molar refractivity (Wildman–Crippen MR) is 127 cm³/mol. The molecule has 0 aromatic heterocycles. The lowest BCUT2D eigenvalue weighted by molar-refractivity contribution is -0.385. The van der Waals surface area contributed by atoms with E-state index in [-0.39, 0.29) is 35.6 Å². The van der Waals surface area contributed by atoms with Crippen LogP contribution in [-0.2, 0) is 28.5 Å². The van der Waals surface area contributed by atoms with Gasteiger partial charge in [0.2, 0.25) is 0 Å². The molecule has 0 spiro atoms. The van der Waals surface area contributed by atoms with Crippen molar-refractivity contribution >= 4 is 17.6 Å². The minimum absolute atomic E-state index is 0.00285. The number of allylic oxidation sites excluding steroid dienone is 2. The molecular weight excluding hydrogens is 508 g/mol. The minimum Gasteiger partial charge on any atom is -0.466 e. The Bertz CT molecular complexity index is 1130. The highest BCUT2D eigenvalue weighted by molar-refractivity contribution is 6.00. The van der Waals surface area contributed by atoms with Gasteiger partial charge in [0, 0.05) is 23.0 Å². The summed E-state index contributed by atoms with van der Waals surface area (Å²) < 4.78 is 20.8. The van der Waals surface area contributed by atoms with Gasteiger partial charge in [-0.3, -0.25) is 10.1 Å². The number of nitro groups is 1. The van der Waals surface area contributed by atoms with Crippen molar-refractivity contribution in [1.82, 2.24) is 5.32 Å². The van der Waals surface area contributed by atoms with Crippen LogP contribution in [0, 0.1) is 10.1 Å². The number of methoxy groups -OCH3 is 1. The number of aliphatic hydroxyl groups excluding tert-OH is 4. The Morgan fingerprint density at radius 1 is 1.03 bits per heavy atom. The molecular formula is C24H30N2O12. The number of nitrogens with one attached hydrogen (secondary N) is 1. The molecule has 208 valence electrons. The molecule has 2 heterocycles. The fraction of sp³-hybridized carbons (Fsp3) is 0.500. The molecule has 0 amide bonds. The van der Waals surface area contributed by atoms with E-state index in [0.717, 1.165) is 7.11 Å². The Balaban J connectivity index is 1.81. The highest BCUT2D eigenvalue weighted by Crippen LogP contribution is 2.42. The van der Waals surface area contributed by atoms with Gasteiger partial charge in [0.15, 0.2) is 6.29 Å². The third kappa shape index (κ3) is 5.85. The molecule has 1 aromatic rings. The number of rotatable bonds is 9. The van der Waals surface area contributed by atoms with E-state index >= 15 is 0 Å². The lowest BCUT2D eigenvalue weighted by Crippen LogP contribution is -2.59. The van der Waals surface area contributed by atoms with E-state index in [0.29, 0.717) is 11.4 Å². The summed E-state index contributed by atoms with van der Waals surface area (Å²) >= 11 is 0. The number of carbonyl (C=O) groups is 2.